The van der Waals surface area contributed by atoms with Gasteiger partial charge >= 0.3 is 0 Å². The Morgan fingerprint density at radius 2 is 1.52 bits per heavy atom. The highest BCUT2D eigenvalue weighted by molar-refractivity contribution is 5.51. The zero-order chi connectivity index (χ0) is 14.9. The summed E-state index contributed by atoms with van der Waals surface area (Å²) in [5.41, 5.74) is 1.26. The molecule has 0 unspecified atom stereocenters. The van der Waals surface area contributed by atoms with Gasteiger partial charge in [-0.05, 0) is 17.7 Å². The molecule has 4 heteroatoms. The molecule has 0 amide bonds. The minimum atomic E-state index is 0.545. The van der Waals surface area contributed by atoms with Crippen molar-refractivity contribution < 1.29 is 14.2 Å². The second-order valence-electron chi connectivity index (χ2n) is 4.50. The fourth-order valence-corrected chi connectivity index (χ4v) is 2.01. The van der Waals surface area contributed by atoms with E-state index in [0.717, 1.165) is 13.1 Å². The molecule has 2 aromatic rings. The van der Waals surface area contributed by atoms with Crippen molar-refractivity contribution in [2.24, 2.45) is 0 Å². The Labute approximate surface area is 125 Å². The molecule has 0 bridgehead atoms. The molecule has 112 valence electrons. The lowest BCUT2D eigenvalue weighted by molar-refractivity contribution is 0.273. The zero-order valence-electron chi connectivity index (χ0n) is 12.5. The van der Waals surface area contributed by atoms with Gasteiger partial charge < -0.3 is 19.5 Å². The summed E-state index contributed by atoms with van der Waals surface area (Å²) in [7, 11) is 3.24. The standard InChI is InChI=1S/C17H21NO3/c1-19-15-9-6-10-16(20-2)17(15)21-12-11-18-13-14-7-4-3-5-8-14/h3-10,18H,11-13H2,1-2H3. The summed E-state index contributed by atoms with van der Waals surface area (Å²) in [6.07, 6.45) is 0. The van der Waals surface area contributed by atoms with Gasteiger partial charge in [-0.25, -0.2) is 0 Å². The topological polar surface area (TPSA) is 39.7 Å². The number of ether oxygens (including phenoxy) is 3. The number of nitrogens with one attached hydrogen (secondary N) is 1. The first kappa shape index (κ1) is 15.2. The van der Waals surface area contributed by atoms with Gasteiger partial charge in [0.05, 0.1) is 14.2 Å². The third-order valence-electron chi connectivity index (χ3n) is 3.08. The fourth-order valence-electron chi connectivity index (χ4n) is 2.01. The monoisotopic (exact) mass is 287 g/mol. The molecule has 0 radical (unpaired) electrons. The van der Waals surface area contributed by atoms with Crippen LogP contribution in [0.4, 0.5) is 0 Å². The summed E-state index contributed by atoms with van der Waals surface area (Å²) in [6.45, 7) is 2.12. The predicted octanol–water partition coefficient (Wildman–Crippen LogP) is 2.87. The molecule has 0 fully saturated rings. The molecule has 4 nitrogen and oxygen atoms in total. The molecule has 21 heavy (non-hydrogen) atoms. The third-order valence-corrected chi connectivity index (χ3v) is 3.08. The van der Waals surface area contributed by atoms with E-state index in [2.05, 4.69) is 17.4 Å². The van der Waals surface area contributed by atoms with Crippen LogP contribution in [0.5, 0.6) is 17.2 Å². The van der Waals surface area contributed by atoms with Gasteiger partial charge in [-0.3, -0.25) is 0 Å². The minimum Gasteiger partial charge on any atom is -0.493 e. The first-order chi connectivity index (χ1) is 10.3. The molecular formula is C17H21NO3. The first-order valence-electron chi connectivity index (χ1n) is 6.93. The van der Waals surface area contributed by atoms with Crippen molar-refractivity contribution in [1.29, 1.82) is 0 Å². The van der Waals surface area contributed by atoms with Gasteiger partial charge in [0.15, 0.2) is 11.5 Å². The van der Waals surface area contributed by atoms with Crippen LogP contribution in [0.3, 0.4) is 0 Å². The lowest BCUT2D eigenvalue weighted by Gasteiger charge is -2.14. The second kappa shape index (κ2) is 8.17. The molecule has 0 aliphatic heterocycles. The first-order valence-corrected chi connectivity index (χ1v) is 6.93. The average molecular weight is 287 g/mol. The maximum absolute atomic E-state index is 5.78. The van der Waals surface area contributed by atoms with Crippen LogP contribution in [-0.4, -0.2) is 27.4 Å². The Hall–Kier alpha value is -2.20. The van der Waals surface area contributed by atoms with E-state index in [1.165, 1.54) is 5.56 Å². The maximum atomic E-state index is 5.78. The van der Waals surface area contributed by atoms with Crippen molar-refractivity contribution in [3.8, 4) is 17.2 Å². The van der Waals surface area contributed by atoms with Crippen LogP contribution in [0, 0.1) is 0 Å². The van der Waals surface area contributed by atoms with Crippen LogP contribution in [0.25, 0.3) is 0 Å². The van der Waals surface area contributed by atoms with Crippen LogP contribution >= 0.6 is 0 Å². The summed E-state index contributed by atoms with van der Waals surface area (Å²) < 4.78 is 16.4. The van der Waals surface area contributed by atoms with Crippen LogP contribution < -0.4 is 19.5 Å². The van der Waals surface area contributed by atoms with Crippen LogP contribution in [0.2, 0.25) is 0 Å². The summed E-state index contributed by atoms with van der Waals surface area (Å²) in [6, 6.07) is 15.9. The van der Waals surface area contributed by atoms with Gasteiger partial charge in [-0.15, -0.1) is 0 Å². The molecule has 0 saturated heterocycles. The Morgan fingerprint density at radius 1 is 0.857 bits per heavy atom. The molecule has 0 spiro atoms. The van der Waals surface area contributed by atoms with Gasteiger partial charge in [-0.1, -0.05) is 36.4 Å². The van der Waals surface area contributed by atoms with E-state index in [-0.39, 0.29) is 0 Å². The maximum Gasteiger partial charge on any atom is 0.203 e. The average Bonchev–Trinajstić information content (AvgIpc) is 2.55. The quantitative estimate of drug-likeness (QED) is 0.758. The van der Waals surface area contributed by atoms with Crippen molar-refractivity contribution >= 4 is 0 Å². The van der Waals surface area contributed by atoms with Crippen LogP contribution in [0.1, 0.15) is 5.56 Å². The van der Waals surface area contributed by atoms with Gasteiger partial charge in [0.25, 0.3) is 0 Å². The molecule has 0 atom stereocenters. The van der Waals surface area contributed by atoms with Crippen LogP contribution in [0.15, 0.2) is 48.5 Å². The molecular weight excluding hydrogens is 266 g/mol. The van der Waals surface area contributed by atoms with Crippen molar-refractivity contribution in [2.45, 2.75) is 6.54 Å². The number of hydrogen-bond donors (Lipinski definition) is 1. The Balaban J connectivity index is 1.81. The van der Waals surface area contributed by atoms with E-state index in [4.69, 9.17) is 14.2 Å². The lowest BCUT2D eigenvalue weighted by atomic mass is 10.2. The van der Waals surface area contributed by atoms with Crippen molar-refractivity contribution in [2.75, 3.05) is 27.4 Å². The van der Waals surface area contributed by atoms with Gasteiger partial charge in [0.1, 0.15) is 6.61 Å². The zero-order valence-corrected chi connectivity index (χ0v) is 12.5. The molecule has 0 aliphatic carbocycles. The summed E-state index contributed by atoms with van der Waals surface area (Å²) in [4.78, 5) is 0. The molecule has 0 aliphatic rings. The Morgan fingerprint density at radius 3 is 2.14 bits per heavy atom. The van der Waals surface area contributed by atoms with Crippen molar-refractivity contribution in [3.05, 3.63) is 54.1 Å². The molecule has 2 aromatic carbocycles. The van der Waals surface area contributed by atoms with E-state index in [9.17, 15) is 0 Å². The van der Waals surface area contributed by atoms with E-state index >= 15 is 0 Å². The fraction of sp³-hybridized carbons (Fsp3) is 0.294. The van der Waals surface area contributed by atoms with Gasteiger partial charge in [0.2, 0.25) is 5.75 Å². The number of benzene rings is 2. The Bertz CT molecular complexity index is 521. The molecule has 0 aromatic heterocycles. The van der Waals surface area contributed by atoms with E-state index in [0.29, 0.717) is 23.9 Å². The van der Waals surface area contributed by atoms with Gasteiger partial charge in [-0.2, -0.15) is 0 Å². The largest absolute Gasteiger partial charge is 0.493 e. The molecule has 2 rings (SSSR count). The number of hydrogen-bond acceptors (Lipinski definition) is 4. The van der Waals surface area contributed by atoms with E-state index < -0.39 is 0 Å². The molecule has 0 heterocycles. The number of methoxy groups -OCH3 is 2. The summed E-state index contributed by atoms with van der Waals surface area (Å²) in [5, 5.41) is 3.34. The minimum absolute atomic E-state index is 0.545. The SMILES string of the molecule is COc1cccc(OC)c1OCCNCc1ccccc1. The van der Waals surface area contributed by atoms with E-state index in [1.54, 1.807) is 14.2 Å². The van der Waals surface area contributed by atoms with E-state index in [1.807, 2.05) is 36.4 Å². The predicted molar refractivity (Wildman–Crippen MR) is 83.2 cm³/mol. The highest BCUT2D eigenvalue weighted by atomic mass is 16.5. The van der Waals surface area contributed by atoms with Crippen molar-refractivity contribution in [1.82, 2.24) is 5.32 Å². The smallest absolute Gasteiger partial charge is 0.203 e. The lowest BCUT2D eigenvalue weighted by Crippen LogP contribution is -2.20. The molecule has 0 saturated carbocycles. The highest BCUT2D eigenvalue weighted by Gasteiger charge is 2.10. The highest BCUT2D eigenvalue weighted by Crippen LogP contribution is 2.36. The summed E-state index contributed by atoms with van der Waals surface area (Å²) in [5.74, 6) is 2.00. The number of para-hydroxylation sites is 1. The van der Waals surface area contributed by atoms with Crippen LogP contribution in [-0.2, 0) is 6.54 Å². The Kier molecular flexibility index (Phi) is 5.91. The second-order valence-corrected chi connectivity index (χ2v) is 4.50. The summed E-state index contributed by atoms with van der Waals surface area (Å²) >= 11 is 0. The molecule has 1 N–H and O–H groups in total. The third kappa shape index (κ3) is 4.39. The number of rotatable bonds is 8. The van der Waals surface area contributed by atoms with Crippen molar-refractivity contribution in [3.63, 3.8) is 0 Å². The van der Waals surface area contributed by atoms with Gasteiger partial charge in [0, 0.05) is 13.1 Å². The normalized spacial score (nSPS) is 10.2.